The number of para-hydroxylation sites is 1. The molecule has 0 radical (unpaired) electrons. The second-order valence-electron chi connectivity index (χ2n) is 6.63. The van der Waals surface area contributed by atoms with E-state index in [0.717, 1.165) is 16.9 Å². The normalized spacial score (nSPS) is 13.2. The number of carbonyl (C=O) groups is 1. The monoisotopic (exact) mass is 398 g/mol. The molecular formula is C20H19ClN4O3. The third-order valence-corrected chi connectivity index (χ3v) is 5.13. The van der Waals surface area contributed by atoms with Crippen molar-refractivity contribution in [3.05, 3.63) is 58.7 Å². The maximum atomic E-state index is 12.6. The van der Waals surface area contributed by atoms with Crippen molar-refractivity contribution < 1.29 is 15.0 Å². The number of amides is 1. The zero-order chi connectivity index (χ0) is 19.7. The van der Waals surface area contributed by atoms with Gasteiger partial charge in [-0.2, -0.15) is 5.10 Å². The number of phenols is 2. The van der Waals surface area contributed by atoms with E-state index in [1.807, 2.05) is 30.3 Å². The maximum absolute atomic E-state index is 12.6. The Labute approximate surface area is 166 Å². The van der Waals surface area contributed by atoms with E-state index in [1.54, 1.807) is 4.90 Å². The minimum Gasteiger partial charge on any atom is -0.507 e. The third kappa shape index (κ3) is 3.48. The van der Waals surface area contributed by atoms with Gasteiger partial charge in [0, 0.05) is 48.1 Å². The summed E-state index contributed by atoms with van der Waals surface area (Å²) in [5.74, 6) is -0.337. The number of aromatic nitrogens is 2. The van der Waals surface area contributed by atoms with Crippen LogP contribution in [-0.2, 0) is 17.8 Å². The number of nitrogens with zero attached hydrogens (tertiary/aromatic N) is 2. The Balaban J connectivity index is 1.53. The average molecular weight is 399 g/mol. The number of phenolic OH excluding ortho intramolecular Hbond substituents is 2. The van der Waals surface area contributed by atoms with Crippen LogP contribution < -0.4 is 5.32 Å². The Morgan fingerprint density at radius 1 is 1.21 bits per heavy atom. The molecule has 144 valence electrons. The minimum absolute atomic E-state index is 0.0189. The van der Waals surface area contributed by atoms with Gasteiger partial charge >= 0.3 is 0 Å². The van der Waals surface area contributed by atoms with Gasteiger partial charge in [-0.3, -0.25) is 9.89 Å². The number of nitrogens with one attached hydrogen (secondary N) is 2. The van der Waals surface area contributed by atoms with E-state index < -0.39 is 0 Å². The number of aromatic hydroxyl groups is 2. The van der Waals surface area contributed by atoms with Crippen LogP contribution in [0.5, 0.6) is 11.5 Å². The Bertz CT molecular complexity index is 1020. The molecule has 1 amide bonds. The minimum atomic E-state index is -0.198. The number of benzene rings is 2. The zero-order valence-electron chi connectivity index (χ0n) is 14.9. The standard InChI is InChI=1S/C20H19ClN4O3/c21-15-8-13(17(26)9-18(15)27)20-14-11-25(7-6-16(14)23-24-20)19(28)10-22-12-4-2-1-3-5-12/h1-5,8-9,22,26-27H,6-7,10-11H2,(H,23,24). The molecule has 0 bridgehead atoms. The van der Waals surface area contributed by atoms with Gasteiger partial charge in [-0.25, -0.2) is 0 Å². The van der Waals surface area contributed by atoms with Crippen molar-refractivity contribution in [1.82, 2.24) is 15.1 Å². The fourth-order valence-electron chi connectivity index (χ4n) is 3.32. The van der Waals surface area contributed by atoms with Gasteiger partial charge in [-0.05, 0) is 18.2 Å². The van der Waals surface area contributed by atoms with Crippen molar-refractivity contribution in [3.63, 3.8) is 0 Å². The van der Waals surface area contributed by atoms with Gasteiger partial charge in [0.05, 0.1) is 11.6 Å². The van der Waals surface area contributed by atoms with Gasteiger partial charge in [-0.1, -0.05) is 29.8 Å². The molecule has 0 aliphatic carbocycles. The lowest BCUT2D eigenvalue weighted by atomic mass is 10.00. The molecule has 3 aromatic rings. The SMILES string of the molecule is O=C(CNc1ccccc1)N1CCc2[nH]nc(-c3cc(Cl)c(O)cc3O)c2C1. The first-order valence-electron chi connectivity index (χ1n) is 8.87. The van der Waals surface area contributed by atoms with E-state index in [1.165, 1.54) is 12.1 Å². The van der Waals surface area contributed by atoms with Crippen molar-refractivity contribution in [3.8, 4) is 22.8 Å². The van der Waals surface area contributed by atoms with Crippen molar-refractivity contribution >= 4 is 23.2 Å². The number of carbonyl (C=O) groups excluding carboxylic acids is 1. The highest BCUT2D eigenvalue weighted by molar-refractivity contribution is 6.32. The maximum Gasteiger partial charge on any atom is 0.242 e. The summed E-state index contributed by atoms with van der Waals surface area (Å²) in [5.41, 5.74) is 3.61. The molecule has 28 heavy (non-hydrogen) atoms. The van der Waals surface area contributed by atoms with Crippen molar-refractivity contribution in [2.75, 3.05) is 18.4 Å². The second kappa shape index (κ2) is 7.44. The summed E-state index contributed by atoms with van der Waals surface area (Å²) in [6.07, 6.45) is 0.645. The van der Waals surface area contributed by atoms with E-state index in [-0.39, 0.29) is 29.0 Å². The molecule has 4 rings (SSSR count). The molecule has 2 heterocycles. The number of rotatable bonds is 4. The quantitative estimate of drug-likeness (QED) is 0.541. The van der Waals surface area contributed by atoms with Crippen LogP contribution in [0, 0.1) is 0 Å². The molecule has 0 saturated heterocycles. The van der Waals surface area contributed by atoms with Crippen molar-refractivity contribution in [2.45, 2.75) is 13.0 Å². The van der Waals surface area contributed by atoms with E-state index in [2.05, 4.69) is 15.5 Å². The van der Waals surface area contributed by atoms with Crippen LogP contribution in [0.4, 0.5) is 5.69 Å². The molecule has 2 aromatic carbocycles. The first-order chi connectivity index (χ1) is 13.5. The summed E-state index contributed by atoms with van der Waals surface area (Å²) >= 11 is 5.99. The summed E-state index contributed by atoms with van der Waals surface area (Å²) in [6.45, 7) is 1.17. The van der Waals surface area contributed by atoms with Crippen LogP contribution in [0.15, 0.2) is 42.5 Å². The molecule has 8 heteroatoms. The molecule has 0 atom stereocenters. The molecule has 0 saturated carbocycles. The number of H-pyrrole nitrogens is 1. The van der Waals surface area contributed by atoms with Crippen LogP contribution in [0.1, 0.15) is 11.3 Å². The van der Waals surface area contributed by atoms with E-state index in [0.29, 0.717) is 30.8 Å². The lowest BCUT2D eigenvalue weighted by Gasteiger charge is -2.27. The summed E-state index contributed by atoms with van der Waals surface area (Å²) in [4.78, 5) is 14.4. The Kier molecular flexibility index (Phi) is 4.83. The molecule has 0 fully saturated rings. The van der Waals surface area contributed by atoms with Gasteiger partial charge in [0.1, 0.15) is 17.2 Å². The van der Waals surface area contributed by atoms with Gasteiger partial charge in [-0.15, -0.1) is 0 Å². The summed E-state index contributed by atoms with van der Waals surface area (Å²) in [6, 6.07) is 12.2. The predicted octanol–water partition coefficient (Wildman–Crippen LogP) is 3.14. The molecule has 1 aliphatic rings. The third-order valence-electron chi connectivity index (χ3n) is 4.82. The number of anilines is 1. The molecule has 1 aliphatic heterocycles. The smallest absolute Gasteiger partial charge is 0.242 e. The van der Waals surface area contributed by atoms with Crippen molar-refractivity contribution in [2.24, 2.45) is 0 Å². The second-order valence-corrected chi connectivity index (χ2v) is 7.04. The number of fused-ring (bicyclic) bond motifs is 1. The summed E-state index contributed by atoms with van der Waals surface area (Å²) in [5, 5.41) is 30.4. The van der Waals surface area contributed by atoms with Gasteiger partial charge in [0.15, 0.2) is 0 Å². The highest BCUT2D eigenvalue weighted by Gasteiger charge is 2.27. The van der Waals surface area contributed by atoms with Crippen molar-refractivity contribution in [1.29, 1.82) is 0 Å². The summed E-state index contributed by atoms with van der Waals surface area (Å²) in [7, 11) is 0. The first-order valence-corrected chi connectivity index (χ1v) is 9.25. The van der Waals surface area contributed by atoms with Crippen LogP contribution in [0.25, 0.3) is 11.3 Å². The highest BCUT2D eigenvalue weighted by atomic mass is 35.5. The number of hydrogen-bond donors (Lipinski definition) is 4. The van der Waals surface area contributed by atoms with Crippen LogP contribution in [-0.4, -0.2) is 44.3 Å². The Morgan fingerprint density at radius 2 is 2.00 bits per heavy atom. The average Bonchev–Trinajstić information content (AvgIpc) is 3.12. The lowest BCUT2D eigenvalue weighted by Crippen LogP contribution is -2.39. The van der Waals surface area contributed by atoms with E-state index >= 15 is 0 Å². The molecule has 0 spiro atoms. The topological polar surface area (TPSA) is 101 Å². The molecule has 0 unspecified atom stereocenters. The van der Waals surface area contributed by atoms with E-state index in [4.69, 9.17) is 11.6 Å². The van der Waals surface area contributed by atoms with Crippen LogP contribution in [0.2, 0.25) is 5.02 Å². The molecular weight excluding hydrogens is 380 g/mol. The molecule has 7 nitrogen and oxygen atoms in total. The predicted molar refractivity (Wildman–Crippen MR) is 106 cm³/mol. The molecule has 4 N–H and O–H groups in total. The first kappa shape index (κ1) is 18.2. The van der Waals surface area contributed by atoms with Gasteiger partial charge < -0.3 is 20.4 Å². The van der Waals surface area contributed by atoms with Gasteiger partial charge in [0.2, 0.25) is 5.91 Å². The Morgan fingerprint density at radius 3 is 2.79 bits per heavy atom. The van der Waals surface area contributed by atoms with Gasteiger partial charge in [0.25, 0.3) is 0 Å². The summed E-state index contributed by atoms with van der Waals surface area (Å²) < 4.78 is 0. The van der Waals surface area contributed by atoms with Crippen LogP contribution >= 0.6 is 11.6 Å². The zero-order valence-corrected chi connectivity index (χ0v) is 15.7. The van der Waals surface area contributed by atoms with Crippen LogP contribution in [0.3, 0.4) is 0 Å². The fourth-order valence-corrected chi connectivity index (χ4v) is 3.48. The Hall–Kier alpha value is -3.19. The van der Waals surface area contributed by atoms with E-state index in [9.17, 15) is 15.0 Å². The number of halogens is 1. The molecule has 1 aromatic heterocycles. The number of hydrogen-bond acceptors (Lipinski definition) is 5. The highest BCUT2D eigenvalue weighted by Crippen LogP contribution is 2.39. The fraction of sp³-hybridized carbons (Fsp3) is 0.200. The lowest BCUT2D eigenvalue weighted by molar-refractivity contribution is -0.130. The number of aromatic amines is 1. The largest absolute Gasteiger partial charge is 0.507 e.